The fourth-order valence-electron chi connectivity index (χ4n) is 1.87. The molecule has 0 N–H and O–H groups in total. The molecule has 1 heterocycles. The number of ether oxygens (including phenoxy) is 1. The van der Waals surface area contributed by atoms with Gasteiger partial charge >= 0.3 is 6.61 Å². The number of ketones is 1. The van der Waals surface area contributed by atoms with Gasteiger partial charge in [0.1, 0.15) is 10.7 Å². The van der Waals surface area contributed by atoms with Gasteiger partial charge in [-0.1, -0.05) is 34.8 Å². The van der Waals surface area contributed by atoms with Crippen molar-refractivity contribution in [2.24, 2.45) is 7.05 Å². The fraction of sp³-hybridized carbons (Fsp3) is 0.231. The Morgan fingerprint density at radius 1 is 1.27 bits per heavy atom. The number of aromatic nitrogens is 2. The maximum atomic E-state index is 12.4. The highest BCUT2D eigenvalue weighted by Gasteiger charge is 2.23. The summed E-state index contributed by atoms with van der Waals surface area (Å²) in [5.41, 5.74) is 0.629. The average molecular weight is 370 g/mol. The molecule has 0 aliphatic rings. The highest BCUT2D eigenvalue weighted by Crippen LogP contribution is 2.40. The molecule has 9 heteroatoms. The summed E-state index contributed by atoms with van der Waals surface area (Å²) >= 11 is 18.1. The smallest absolute Gasteiger partial charge is 0.388 e. The minimum Gasteiger partial charge on any atom is -0.416 e. The van der Waals surface area contributed by atoms with Crippen LogP contribution in [0.15, 0.2) is 12.1 Å². The number of alkyl halides is 2. The Kier molecular flexibility index (Phi) is 4.94. The number of benzene rings is 1. The van der Waals surface area contributed by atoms with Crippen molar-refractivity contribution in [1.29, 1.82) is 0 Å². The van der Waals surface area contributed by atoms with E-state index in [0.29, 0.717) is 5.56 Å². The van der Waals surface area contributed by atoms with Crippen molar-refractivity contribution in [2.75, 3.05) is 0 Å². The van der Waals surface area contributed by atoms with Crippen molar-refractivity contribution in [3.8, 4) is 17.1 Å². The zero-order valence-corrected chi connectivity index (χ0v) is 13.6. The number of halogens is 5. The van der Waals surface area contributed by atoms with Crippen LogP contribution in [0.4, 0.5) is 8.78 Å². The zero-order chi connectivity index (χ0) is 16.6. The molecular weight excluding hydrogens is 361 g/mol. The third-order valence-corrected chi connectivity index (χ3v) is 3.80. The molecule has 0 fully saturated rings. The summed E-state index contributed by atoms with van der Waals surface area (Å²) in [6, 6.07) is 2.78. The van der Waals surface area contributed by atoms with Crippen LogP contribution in [0.25, 0.3) is 11.3 Å². The van der Waals surface area contributed by atoms with E-state index in [1.165, 1.54) is 26.1 Å². The molecule has 0 bridgehead atoms. The summed E-state index contributed by atoms with van der Waals surface area (Å²) in [5.74, 6) is -0.582. The van der Waals surface area contributed by atoms with E-state index in [1.54, 1.807) is 0 Å². The van der Waals surface area contributed by atoms with E-state index in [-0.39, 0.29) is 38.0 Å². The van der Waals surface area contributed by atoms with Crippen molar-refractivity contribution < 1.29 is 18.3 Å². The summed E-state index contributed by atoms with van der Waals surface area (Å²) in [6.45, 7) is -1.71. The Morgan fingerprint density at radius 3 is 2.45 bits per heavy atom. The summed E-state index contributed by atoms with van der Waals surface area (Å²) in [6.07, 6.45) is 0. The van der Waals surface area contributed by atoms with E-state index in [1.807, 2.05) is 0 Å². The zero-order valence-electron chi connectivity index (χ0n) is 11.3. The lowest BCUT2D eigenvalue weighted by Crippen LogP contribution is -2.06. The van der Waals surface area contributed by atoms with Gasteiger partial charge in [0.25, 0.3) is 0 Å². The lowest BCUT2D eigenvalue weighted by Gasteiger charge is -2.07. The van der Waals surface area contributed by atoms with Gasteiger partial charge in [-0.05, 0) is 19.1 Å². The summed E-state index contributed by atoms with van der Waals surface area (Å²) in [4.78, 5) is 11.6. The van der Waals surface area contributed by atoms with Gasteiger partial charge < -0.3 is 4.74 Å². The first-order chi connectivity index (χ1) is 10.2. The molecule has 0 spiro atoms. The Labute approximate surface area is 139 Å². The number of aryl methyl sites for hydroxylation is 1. The molecule has 1 aromatic heterocycles. The minimum absolute atomic E-state index is 0.115. The van der Waals surface area contributed by atoms with Gasteiger partial charge in [-0.2, -0.15) is 13.9 Å². The van der Waals surface area contributed by atoms with Crippen molar-refractivity contribution >= 4 is 40.6 Å². The molecule has 2 rings (SSSR count). The molecule has 0 atom stereocenters. The molecule has 0 saturated heterocycles. The van der Waals surface area contributed by atoms with Crippen molar-refractivity contribution in [1.82, 2.24) is 9.78 Å². The van der Waals surface area contributed by atoms with E-state index < -0.39 is 6.61 Å². The van der Waals surface area contributed by atoms with Gasteiger partial charge in [-0.15, -0.1) is 0 Å². The second kappa shape index (κ2) is 6.40. The first-order valence-electron chi connectivity index (χ1n) is 5.90. The lowest BCUT2D eigenvalue weighted by atomic mass is 10.1. The van der Waals surface area contributed by atoms with E-state index in [2.05, 4.69) is 9.84 Å². The number of carbonyl (C=O) groups is 1. The van der Waals surface area contributed by atoms with Crippen LogP contribution < -0.4 is 4.74 Å². The van der Waals surface area contributed by atoms with Crippen LogP contribution in [0.2, 0.25) is 15.1 Å². The quantitative estimate of drug-likeness (QED) is 0.724. The van der Waals surface area contributed by atoms with Crippen LogP contribution in [0.5, 0.6) is 5.88 Å². The number of hydrogen-bond acceptors (Lipinski definition) is 3. The van der Waals surface area contributed by atoms with Crippen LogP contribution in [0.1, 0.15) is 17.3 Å². The molecule has 1 aromatic carbocycles. The number of nitrogens with zero attached hydrogens (tertiary/aromatic N) is 2. The van der Waals surface area contributed by atoms with Crippen LogP contribution in [-0.2, 0) is 7.05 Å². The largest absolute Gasteiger partial charge is 0.416 e. The van der Waals surface area contributed by atoms with E-state index in [9.17, 15) is 13.6 Å². The molecule has 4 nitrogen and oxygen atoms in total. The predicted octanol–water partition coefficient (Wildman–Crippen LogP) is 4.85. The van der Waals surface area contributed by atoms with Crippen LogP contribution in [0.3, 0.4) is 0 Å². The number of rotatable bonds is 4. The highest BCUT2D eigenvalue weighted by molar-refractivity contribution is 6.39. The molecular formula is C13H9Cl3F2N2O2. The Bertz CT molecular complexity index is 747. The van der Waals surface area contributed by atoms with Gasteiger partial charge in [-0.25, -0.2) is 4.68 Å². The van der Waals surface area contributed by atoms with Crippen molar-refractivity contribution in [2.45, 2.75) is 13.5 Å². The SMILES string of the molecule is CC(=O)c1cc(-c2nn(C)c(OC(F)F)c2Cl)c(Cl)cc1Cl. The molecule has 0 aliphatic heterocycles. The summed E-state index contributed by atoms with van der Waals surface area (Å²) in [5, 5.41) is 4.23. The molecule has 2 aromatic rings. The van der Waals surface area contributed by atoms with Crippen LogP contribution >= 0.6 is 34.8 Å². The van der Waals surface area contributed by atoms with Gasteiger partial charge in [0.15, 0.2) is 5.78 Å². The third-order valence-electron chi connectivity index (χ3n) is 2.83. The van der Waals surface area contributed by atoms with Gasteiger partial charge in [0.2, 0.25) is 5.88 Å². The Morgan fingerprint density at radius 2 is 1.91 bits per heavy atom. The molecule has 118 valence electrons. The number of Topliss-reactive ketones (excluding diaryl/α,β-unsaturated/α-hetero) is 1. The number of hydrogen-bond donors (Lipinski definition) is 0. The third kappa shape index (κ3) is 3.19. The predicted molar refractivity (Wildman–Crippen MR) is 80.3 cm³/mol. The Balaban J connectivity index is 2.62. The molecule has 0 radical (unpaired) electrons. The Hall–Kier alpha value is -1.37. The normalized spacial score (nSPS) is 11.1. The fourth-order valence-corrected chi connectivity index (χ4v) is 2.78. The molecule has 22 heavy (non-hydrogen) atoms. The molecule has 0 unspecified atom stereocenters. The van der Waals surface area contributed by atoms with Crippen LogP contribution in [-0.4, -0.2) is 22.2 Å². The first-order valence-corrected chi connectivity index (χ1v) is 7.03. The number of carbonyl (C=O) groups excluding carboxylic acids is 1. The minimum atomic E-state index is -3.05. The van der Waals surface area contributed by atoms with Crippen molar-refractivity contribution in [3.05, 3.63) is 32.8 Å². The van der Waals surface area contributed by atoms with E-state index in [0.717, 1.165) is 4.68 Å². The second-order valence-corrected chi connectivity index (χ2v) is 5.53. The van der Waals surface area contributed by atoms with Gasteiger partial charge in [-0.3, -0.25) is 4.79 Å². The van der Waals surface area contributed by atoms with E-state index in [4.69, 9.17) is 34.8 Å². The van der Waals surface area contributed by atoms with E-state index >= 15 is 0 Å². The average Bonchev–Trinajstić information content (AvgIpc) is 2.66. The summed E-state index contributed by atoms with van der Waals surface area (Å²) < 4.78 is 30.1. The molecule has 0 saturated carbocycles. The highest BCUT2D eigenvalue weighted by atomic mass is 35.5. The topological polar surface area (TPSA) is 44.1 Å². The van der Waals surface area contributed by atoms with Gasteiger partial charge in [0, 0.05) is 18.2 Å². The maximum absolute atomic E-state index is 12.4. The van der Waals surface area contributed by atoms with Crippen molar-refractivity contribution in [3.63, 3.8) is 0 Å². The standard InChI is InChI=1S/C13H9Cl3F2N2O2/c1-5(21)6-3-7(9(15)4-8(6)14)11-10(16)12(20(2)19-11)22-13(17)18/h3-4,13H,1-2H3. The summed E-state index contributed by atoms with van der Waals surface area (Å²) in [7, 11) is 1.39. The van der Waals surface area contributed by atoms with Gasteiger partial charge in [0.05, 0.1) is 10.0 Å². The maximum Gasteiger partial charge on any atom is 0.388 e. The molecule has 0 aliphatic carbocycles. The van der Waals surface area contributed by atoms with Crippen LogP contribution in [0, 0.1) is 0 Å². The monoisotopic (exact) mass is 368 g/mol. The second-order valence-electron chi connectivity index (χ2n) is 4.34. The lowest BCUT2D eigenvalue weighted by molar-refractivity contribution is -0.0552. The first kappa shape index (κ1) is 17.0. The molecule has 0 amide bonds.